The largest absolute Gasteiger partial charge is 0.465 e. The third-order valence-corrected chi connectivity index (χ3v) is 3.06. The van der Waals surface area contributed by atoms with Gasteiger partial charge in [0, 0.05) is 0 Å². The fourth-order valence-electron chi connectivity index (χ4n) is 1.95. The lowest BCUT2D eigenvalue weighted by Gasteiger charge is -2.03. The van der Waals surface area contributed by atoms with Crippen LogP contribution in [0.5, 0.6) is 0 Å². The van der Waals surface area contributed by atoms with Gasteiger partial charge in [0.05, 0.1) is 12.5 Å². The van der Waals surface area contributed by atoms with Gasteiger partial charge in [0.25, 0.3) is 0 Å². The lowest BCUT2D eigenvalue weighted by atomic mass is 10.1. The van der Waals surface area contributed by atoms with Gasteiger partial charge < -0.3 is 4.74 Å². The van der Waals surface area contributed by atoms with Crippen LogP contribution in [0, 0.1) is 5.92 Å². The Balaban J connectivity index is 1.80. The van der Waals surface area contributed by atoms with Gasteiger partial charge in [-0.1, -0.05) is 43.7 Å². The molecule has 86 valence electrons. The van der Waals surface area contributed by atoms with Crippen molar-refractivity contribution in [2.75, 3.05) is 6.61 Å². The minimum Gasteiger partial charge on any atom is -0.465 e. The molecule has 1 aromatic carbocycles. The highest BCUT2D eigenvalue weighted by molar-refractivity contribution is 5.77. The number of carbonyl (C=O) groups is 1. The third-order valence-electron chi connectivity index (χ3n) is 3.06. The lowest BCUT2D eigenvalue weighted by Crippen LogP contribution is -2.08. The minimum absolute atomic E-state index is 0.0118. The third kappa shape index (κ3) is 2.63. The zero-order valence-electron chi connectivity index (χ0n) is 9.69. The number of esters is 1. The molecule has 1 fully saturated rings. The first-order valence-electron chi connectivity index (χ1n) is 6.04. The molecule has 0 heterocycles. The van der Waals surface area contributed by atoms with Crippen molar-refractivity contribution in [1.29, 1.82) is 0 Å². The van der Waals surface area contributed by atoms with Gasteiger partial charge in [-0.25, -0.2) is 0 Å². The molecule has 2 heteroatoms. The second-order valence-corrected chi connectivity index (χ2v) is 4.38. The molecule has 2 nitrogen and oxygen atoms in total. The van der Waals surface area contributed by atoms with E-state index in [0.29, 0.717) is 12.5 Å². The van der Waals surface area contributed by atoms with Crippen LogP contribution < -0.4 is 0 Å². The van der Waals surface area contributed by atoms with Gasteiger partial charge in [0.15, 0.2) is 0 Å². The molecular weight excluding hydrogens is 200 g/mol. The van der Waals surface area contributed by atoms with E-state index in [-0.39, 0.29) is 11.9 Å². The molecule has 2 unspecified atom stereocenters. The summed E-state index contributed by atoms with van der Waals surface area (Å²) in [6.07, 6.45) is 2.99. The van der Waals surface area contributed by atoms with Crippen molar-refractivity contribution in [3.05, 3.63) is 35.9 Å². The van der Waals surface area contributed by atoms with E-state index in [1.807, 2.05) is 18.2 Å². The molecule has 0 radical (unpaired) electrons. The van der Waals surface area contributed by atoms with Gasteiger partial charge >= 0.3 is 5.97 Å². The molecule has 1 aromatic rings. The molecule has 16 heavy (non-hydrogen) atoms. The topological polar surface area (TPSA) is 26.3 Å². The lowest BCUT2D eigenvalue weighted by molar-refractivity contribution is -0.145. The Kier molecular flexibility index (Phi) is 3.60. The number of rotatable bonds is 5. The summed E-state index contributed by atoms with van der Waals surface area (Å²) < 4.78 is 5.22. The fraction of sp³-hybridized carbons (Fsp3) is 0.500. The van der Waals surface area contributed by atoms with Crippen LogP contribution in [-0.4, -0.2) is 12.6 Å². The Morgan fingerprint density at radius 1 is 1.38 bits per heavy atom. The smallest absolute Gasteiger partial charge is 0.309 e. The zero-order valence-corrected chi connectivity index (χ0v) is 9.69. The van der Waals surface area contributed by atoms with Crippen molar-refractivity contribution in [3.63, 3.8) is 0 Å². The van der Waals surface area contributed by atoms with E-state index < -0.39 is 0 Å². The summed E-state index contributed by atoms with van der Waals surface area (Å²) >= 11 is 0. The van der Waals surface area contributed by atoms with Crippen LogP contribution in [0.15, 0.2) is 30.3 Å². The van der Waals surface area contributed by atoms with Crippen molar-refractivity contribution in [1.82, 2.24) is 0 Å². The molecule has 0 aromatic heterocycles. The van der Waals surface area contributed by atoms with Crippen LogP contribution in [0.25, 0.3) is 0 Å². The summed E-state index contributed by atoms with van der Waals surface area (Å²) in [6.45, 7) is 2.67. The molecule has 1 aliphatic rings. The maximum absolute atomic E-state index is 11.6. The predicted octanol–water partition coefficient (Wildman–Crippen LogP) is 3.13. The fourth-order valence-corrected chi connectivity index (χ4v) is 1.95. The summed E-state index contributed by atoms with van der Waals surface area (Å²) in [7, 11) is 0. The van der Waals surface area contributed by atoms with Gasteiger partial charge in [-0.3, -0.25) is 4.79 Å². The van der Waals surface area contributed by atoms with E-state index in [4.69, 9.17) is 4.74 Å². The van der Waals surface area contributed by atoms with E-state index in [2.05, 4.69) is 19.1 Å². The zero-order chi connectivity index (χ0) is 11.4. The van der Waals surface area contributed by atoms with Crippen molar-refractivity contribution in [3.8, 4) is 0 Å². The number of ether oxygens (including phenoxy) is 1. The Bertz CT molecular complexity index is 345. The maximum atomic E-state index is 11.6. The first kappa shape index (κ1) is 11.2. The van der Waals surface area contributed by atoms with Gasteiger partial charge in [-0.05, 0) is 24.3 Å². The molecule has 0 aliphatic heterocycles. The van der Waals surface area contributed by atoms with E-state index in [1.54, 1.807) is 0 Å². The summed E-state index contributed by atoms with van der Waals surface area (Å²) in [5.74, 6) is 0.497. The number of hydrogen-bond donors (Lipinski definition) is 0. The van der Waals surface area contributed by atoms with E-state index in [0.717, 1.165) is 19.3 Å². The van der Waals surface area contributed by atoms with Crippen LogP contribution in [0.3, 0.4) is 0 Å². The van der Waals surface area contributed by atoms with Crippen molar-refractivity contribution in [2.45, 2.75) is 32.1 Å². The molecule has 1 aliphatic carbocycles. The van der Waals surface area contributed by atoms with Crippen molar-refractivity contribution < 1.29 is 9.53 Å². The van der Waals surface area contributed by atoms with Gasteiger partial charge in [-0.15, -0.1) is 0 Å². The Morgan fingerprint density at radius 2 is 2.12 bits per heavy atom. The Labute approximate surface area is 96.6 Å². The standard InChI is InChI=1S/C14H18O2/c1-2-3-9-16-14(15)13-10-12(13)11-7-5-4-6-8-11/h4-8,12-13H,2-3,9-10H2,1H3. The van der Waals surface area contributed by atoms with Crippen LogP contribution in [0.2, 0.25) is 0 Å². The minimum atomic E-state index is -0.0118. The first-order valence-corrected chi connectivity index (χ1v) is 6.04. The summed E-state index contributed by atoms with van der Waals surface area (Å²) in [4.78, 5) is 11.6. The second-order valence-electron chi connectivity index (χ2n) is 4.38. The van der Waals surface area contributed by atoms with Crippen LogP contribution in [-0.2, 0) is 9.53 Å². The summed E-state index contributed by atoms with van der Waals surface area (Å²) in [5, 5.41) is 0. The van der Waals surface area contributed by atoms with E-state index >= 15 is 0 Å². The Morgan fingerprint density at radius 3 is 2.81 bits per heavy atom. The number of carbonyl (C=O) groups excluding carboxylic acids is 1. The van der Waals surface area contributed by atoms with Crippen LogP contribution in [0.1, 0.15) is 37.7 Å². The van der Waals surface area contributed by atoms with Gasteiger partial charge in [0.1, 0.15) is 0 Å². The quantitative estimate of drug-likeness (QED) is 0.560. The molecule has 0 amide bonds. The van der Waals surface area contributed by atoms with E-state index in [1.165, 1.54) is 5.56 Å². The van der Waals surface area contributed by atoms with Crippen LogP contribution in [0.4, 0.5) is 0 Å². The first-order chi connectivity index (χ1) is 7.83. The predicted molar refractivity (Wildman–Crippen MR) is 63.2 cm³/mol. The summed E-state index contributed by atoms with van der Waals surface area (Å²) in [6, 6.07) is 10.2. The molecule has 0 spiro atoms. The average Bonchev–Trinajstić information content (AvgIpc) is 3.10. The van der Waals surface area contributed by atoms with Crippen molar-refractivity contribution >= 4 is 5.97 Å². The number of hydrogen-bond acceptors (Lipinski definition) is 2. The number of unbranched alkanes of at least 4 members (excludes halogenated alkanes) is 1. The van der Waals surface area contributed by atoms with E-state index in [9.17, 15) is 4.79 Å². The average molecular weight is 218 g/mol. The molecule has 2 atom stereocenters. The SMILES string of the molecule is CCCCOC(=O)C1CC1c1ccccc1. The molecule has 2 rings (SSSR count). The van der Waals surface area contributed by atoms with Gasteiger partial charge in [-0.2, -0.15) is 0 Å². The van der Waals surface area contributed by atoms with Crippen LogP contribution >= 0.6 is 0 Å². The second kappa shape index (κ2) is 5.15. The Hall–Kier alpha value is -1.31. The molecule has 1 saturated carbocycles. The molecule has 0 bridgehead atoms. The molecule has 0 N–H and O–H groups in total. The monoisotopic (exact) mass is 218 g/mol. The molecular formula is C14H18O2. The maximum Gasteiger partial charge on any atom is 0.309 e. The van der Waals surface area contributed by atoms with Gasteiger partial charge in [0.2, 0.25) is 0 Å². The molecule has 0 saturated heterocycles. The summed E-state index contributed by atoms with van der Waals surface area (Å²) in [5.41, 5.74) is 1.26. The highest BCUT2D eigenvalue weighted by Crippen LogP contribution is 2.47. The highest BCUT2D eigenvalue weighted by atomic mass is 16.5. The number of benzene rings is 1. The van der Waals surface area contributed by atoms with Crippen molar-refractivity contribution in [2.24, 2.45) is 5.92 Å². The normalized spacial score (nSPS) is 22.8. The highest BCUT2D eigenvalue weighted by Gasteiger charge is 2.44.